The second-order valence-corrected chi connectivity index (χ2v) is 11.2. The number of benzene rings is 2. The SMILES string of the molecule is CC(C)[C@@H]1NC(=O)c2cc(ccc2O)Oc2ccc(cc2)C[C@H](C(=O)NCCCN2CCCC2=O)NC(=O)[C@H](C)NC1=O. The molecule has 0 spiro atoms. The summed E-state index contributed by atoms with van der Waals surface area (Å²) < 4.78 is 5.89. The summed E-state index contributed by atoms with van der Waals surface area (Å²) in [5, 5.41) is 21.2. The largest absolute Gasteiger partial charge is 0.507 e. The minimum atomic E-state index is -1.02. The highest BCUT2D eigenvalue weighted by Gasteiger charge is 2.30. The number of likely N-dealkylation sites (tertiary alicyclic amines) is 1. The fourth-order valence-corrected chi connectivity index (χ4v) is 5.00. The van der Waals surface area contributed by atoms with Crippen molar-refractivity contribution in [3.8, 4) is 17.2 Å². The summed E-state index contributed by atoms with van der Waals surface area (Å²) in [6.45, 7) is 6.58. The van der Waals surface area contributed by atoms with E-state index in [9.17, 15) is 29.1 Å². The van der Waals surface area contributed by atoms with Crippen LogP contribution in [0.15, 0.2) is 42.5 Å². The normalized spacial score (nSPS) is 21.4. The highest BCUT2D eigenvalue weighted by Crippen LogP contribution is 2.28. The van der Waals surface area contributed by atoms with E-state index < -0.39 is 41.8 Å². The van der Waals surface area contributed by atoms with Gasteiger partial charge in [-0.05, 0) is 61.6 Å². The first kappa shape index (κ1) is 31.3. The Morgan fingerprint density at radius 2 is 1.74 bits per heavy atom. The zero-order chi connectivity index (χ0) is 31.1. The third-order valence-corrected chi connectivity index (χ3v) is 7.51. The molecule has 0 aliphatic carbocycles. The highest BCUT2D eigenvalue weighted by atomic mass is 16.5. The molecule has 4 bridgehead atoms. The van der Waals surface area contributed by atoms with Crippen LogP contribution in [0.1, 0.15) is 56.0 Å². The fraction of sp³-hybridized carbons (Fsp3) is 0.452. The van der Waals surface area contributed by atoms with Crippen molar-refractivity contribution in [2.75, 3.05) is 19.6 Å². The van der Waals surface area contributed by atoms with E-state index in [1.54, 1.807) is 43.0 Å². The molecule has 1 fully saturated rings. The van der Waals surface area contributed by atoms with Gasteiger partial charge in [-0.1, -0.05) is 26.0 Å². The molecule has 43 heavy (non-hydrogen) atoms. The first-order valence-corrected chi connectivity index (χ1v) is 14.6. The monoisotopic (exact) mass is 593 g/mol. The van der Waals surface area contributed by atoms with Gasteiger partial charge in [0.15, 0.2) is 0 Å². The van der Waals surface area contributed by atoms with Crippen molar-refractivity contribution >= 4 is 29.5 Å². The van der Waals surface area contributed by atoms with E-state index in [0.717, 1.165) is 18.5 Å². The summed E-state index contributed by atoms with van der Waals surface area (Å²) in [7, 11) is 0. The van der Waals surface area contributed by atoms with Crippen molar-refractivity contribution in [3.05, 3.63) is 53.6 Å². The Hall–Kier alpha value is -4.61. The van der Waals surface area contributed by atoms with E-state index >= 15 is 0 Å². The average molecular weight is 594 g/mol. The molecule has 3 heterocycles. The Balaban J connectivity index is 1.55. The van der Waals surface area contributed by atoms with Crippen molar-refractivity contribution in [1.82, 2.24) is 26.2 Å². The second kappa shape index (κ2) is 14.0. The number of amides is 5. The van der Waals surface area contributed by atoms with Crippen LogP contribution in [0, 0.1) is 5.92 Å². The van der Waals surface area contributed by atoms with Gasteiger partial charge in [0, 0.05) is 32.5 Å². The molecule has 3 aliphatic rings. The van der Waals surface area contributed by atoms with Crippen LogP contribution in [0.25, 0.3) is 0 Å². The predicted octanol–water partition coefficient (Wildman–Crippen LogP) is 1.61. The number of phenols is 1. The molecule has 230 valence electrons. The van der Waals surface area contributed by atoms with Crippen LogP contribution in [-0.4, -0.2) is 77.3 Å². The van der Waals surface area contributed by atoms with Crippen molar-refractivity contribution in [1.29, 1.82) is 0 Å². The molecule has 5 amide bonds. The summed E-state index contributed by atoms with van der Waals surface area (Å²) in [5.74, 6) is -1.99. The number of fused-ring (bicyclic) bond motifs is 11. The van der Waals surface area contributed by atoms with Crippen LogP contribution in [-0.2, 0) is 25.6 Å². The van der Waals surface area contributed by atoms with Crippen LogP contribution in [0.3, 0.4) is 0 Å². The number of nitrogens with one attached hydrogen (secondary N) is 4. The molecule has 0 saturated carbocycles. The Morgan fingerprint density at radius 3 is 2.42 bits per heavy atom. The lowest BCUT2D eigenvalue weighted by molar-refractivity contribution is -0.132. The number of hydrogen-bond donors (Lipinski definition) is 5. The standard InChI is InChI=1S/C31H39N5O7/c1-18(2)27-31(42)33-19(3)28(39)34-24(30(41)32-13-5-15-36-14-4-6-26(36)38)16-20-7-9-21(10-8-20)43-22-11-12-25(37)23(17-22)29(40)35-27/h7-12,17-19,24,27,37H,4-6,13-16H2,1-3H3,(H,32,41)(H,33,42)(H,34,39)(H,35,40)/t19-,24+,27-/m0/s1. The molecule has 12 nitrogen and oxygen atoms in total. The number of nitrogens with zero attached hydrogens (tertiary/aromatic N) is 1. The van der Waals surface area contributed by atoms with Gasteiger partial charge in [0.25, 0.3) is 5.91 Å². The number of carbonyl (C=O) groups excluding carboxylic acids is 5. The molecule has 0 unspecified atom stereocenters. The first-order chi connectivity index (χ1) is 20.5. The van der Waals surface area contributed by atoms with Gasteiger partial charge < -0.3 is 36.0 Å². The van der Waals surface area contributed by atoms with Gasteiger partial charge >= 0.3 is 0 Å². The zero-order valence-electron chi connectivity index (χ0n) is 24.6. The average Bonchev–Trinajstić information content (AvgIpc) is 3.38. The minimum absolute atomic E-state index is 0.0691. The summed E-state index contributed by atoms with van der Waals surface area (Å²) in [6.07, 6.45) is 2.16. The summed E-state index contributed by atoms with van der Waals surface area (Å²) in [5.41, 5.74) is 0.680. The molecule has 5 rings (SSSR count). The molecular formula is C31H39N5O7. The Morgan fingerprint density at radius 1 is 1.02 bits per heavy atom. The van der Waals surface area contributed by atoms with Gasteiger partial charge in [-0.3, -0.25) is 24.0 Å². The van der Waals surface area contributed by atoms with Gasteiger partial charge in [0.05, 0.1) is 5.56 Å². The lowest BCUT2D eigenvalue weighted by Crippen LogP contribution is -2.57. The summed E-state index contributed by atoms with van der Waals surface area (Å²) in [4.78, 5) is 66.3. The molecule has 5 N–H and O–H groups in total. The number of aromatic hydroxyl groups is 1. The predicted molar refractivity (Wildman–Crippen MR) is 157 cm³/mol. The highest BCUT2D eigenvalue weighted by molar-refractivity contribution is 6.00. The Bertz CT molecular complexity index is 1360. The van der Waals surface area contributed by atoms with Gasteiger partial charge in [-0.15, -0.1) is 0 Å². The maximum Gasteiger partial charge on any atom is 0.255 e. The summed E-state index contributed by atoms with van der Waals surface area (Å²) >= 11 is 0. The molecule has 2 aromatic rings. The maximum atomic E-state index is 13.2. The third-order valence-electron chi connectivity index (χ3n) is 7.51. The second-order valence-electron chi connectivity index (χ2n) is 11.2. The number of carbonyl (C=O) groups is 5. The van der Waals surface area contributed by atoms with Crippen LogP contribution in [0.5, 0.6) is 17.2 Å². The Labute approximate surface area is 250 Å². The van der Waals surface area contributed by atoms with E-state index in [4.69, 9.17) is 4.74 Å². The van der Waals surface area contributed by atoms with Crippen LogP contribution in [0.4, 0.5) is 0 Å². The lowest BCUT2D eigenvalue weighted by Gasteiger charge is -2.25. The minimum Gasteiger partial charge on any atom is -0.507 e. The smallest absolute Gasteiger partial charge is 0.255 e. The molecule has 0 aromatic heterocycles. The number of hydrogen-bond acceptors (Lipinski definition) is 7. The van der Waals surface area contributed by atoms with E-state index in [2.05, 4.69) is 21.3 Å². The van der Waals surface area contributed by atoms with E-state index in [1.165, 1.54) is 25.1 Å². The molecule has 1 saturated heterocycles. The van der Waals surface area contributed by atoms with Crippen molar-refractivity contribution in [2.24, 2.45) is 5.92 Å². The topological polar surface area (TPSA) is 166 Å². The summed E-state index contributed by atoms with van der Waals surface area (Å²) in [6, 6.07) is 8.18. The van der Waals surface area contributed by atoms with Gasteiger partial charge in [0.2, 0.25) is 23.6 Å². The fourth-order valence-electron chi connectivity index (χ4n) is 5.00. The van der Waals surface area contributed by atoms with Crippen molar-refractivity contribution in [2.45, 2.75) is 64.6 Å². The molecule has 2 aromatic carbocycles. The van der Waals surface area contributed by atoms with Gasteiger partial charge in [-0.25, -0.2) is 0 Å². The molecule has 12 heteroatoms. The van der Waals surface area contributed by atoms with Crippen LogP contribution in [0.2, 0.25) is 0 Å². The Kier molecular flexibility index (Phi) is 10.2. The van der Waals surface area contributed by atoms with Crippen LogP contribution < -0.4 is 26.0 Å². The molecule has 0 radical (unpaired) electrons. The van der Waals surface area contributed by atoms with E-state index in [1.807, 2.05) is 0 Å². The van der Waals surface area contributed by atoms with Crippen molar-refractivity contribution < 1.29 is 33.8 Å². The molecule has 3 atom stereocenters. The molecule has 3 aliphatic heterocycles. The number of ether oxygens (including phenoxy) is 1. The number of phenolic OH excluding ortho intramolecular Hbond substituents is 1. The zero-order valence-corrected chi connectivity index (χ0v) is 24.6. The van der Waals surface area contributed by atoms with Crippen LogP contribution >= 0.6 is 0 Å². The maximum absolute atomic E-state index is 13.2. The number of rotatable bonds is 6. The van der Waals surface area contributed by atoms with E-state index in [0.29, 0.717) is 37.4 Å². The van der Waals surface area contributed by atoms with Gasteiger partial charge in [-0.2, -0.15) is 0 Å². The quantitative estimate of drug-likeness (QED) is 0.251. The lowest BCUT2D eigenvalue weighted by atomic mass is 10.0. The molecular weight excluding hydrogens is 554 g/mol. The first-order valence-electron chi connectivity index (χ1n) is 14.6. The third kappa shape index (κ3) is 8.24. The van der Waals surface area contributed by atoms with Crippen molar-refractivity contribution in [3.63, 3.8) is 0 Å². The van der Waals surface area contributed by atoms with E-state index in [-0.39, 0.29) is 29.6 Å². The van der Waals surface area contributed by atoms with Gasteiger partial charge in [0.1, 0.15) is 35.4 Å².